The standard InChI is InChI=1S/C9H20O/c1-4-6-7-9(10)8(3)5-2/h8-10H,4-7H2,1-3H3/t8-,9-/m0/s1. The van der Waals surface area contributed by atoms with Crippen LogP contribution >= 0.6 is 0 Å². The van der Waals surface area contributed by atoms with Crippen molar-refractivity contribution in [2.45, 2.75) is 52.6 Å². The van der Waals surface area contributed by atoms with Crippen LogP contribution < -0.4 is 0 Å². The molecule has 10 heavy (non-hydrogen) atoms. The van der Waals surface area contributed by atoms with Crippen LogP contribution in [0.3, 0.4) is 0 Å². The van der Waals surface area contributed by atoms with Crippen LogP contribution in [-0.2, 0) is 0 Å². The van der Waals surface area contributed by atoms with E-state index in [1.54, 1.807) is 0 Å². The molecule has 0 spiro atoms. The average Bonchev–Trinajstić information content (AvgIpc) is 1.98. The van der Waals surface area contributed by atoms with Crippen molar-refractivity contribution in [1.82, 2.24) is 0 Å². The fourth-order valence-corrected chi connectivity index (χ4v) is 0.970. The maximum absolute atomic E-state index is 9.45. The molecule has 2 atom stereocenters. The van der Waals surface area contributed by atoms with Crippen LogP contribution in [0.5, 0.6) is 0 Å². The van der Waals surface area contributed by atoms with Crippen LogP contribution in [0.15, 0.2) is 0 Å². The summed E-state index contributed by atoms with van der Waals surface area (Å²) in [5.41, 5.74) is 0. The van der Waals surface area contributed by atoms with Gasteiger partial charge < -0.3 is 5.11 Å². The Hall–Kier alpha value is -0.0400. The third-order valence-electron chi connectivity index (χ3n) is 2.15. The van der Waals surface area contributed by atoms with Crippen molar-refractivity contribution in [2.24, 2.45) is 5.92 Å². The largest absolute Gasteiger partial charge is 0.393 e. The minimum absolute atomic E-state index is 0.0649. The predicted molar refractivity (Wildman–Crippen MR) is 45.0 cm³/mol. The summed E-state index contributed by atoms with van der Waals surface area (Å²) >= 11 is 0. The van der Waals surface area contributed by atoms with Crippen molar-refractivity contribution in [3.63, 3.8) is 0 Å². The smallest absolute Gasteiger partial charge is 0.0565 e. The van der Waals surface area contributed by atoms with Gasteiger partial charge in [-0.25, -0.2) is 0 Å². The first-order valence-electron chi connectivity index (χ1n) is 4.40. The van der Waals surface area contributed by atoms with Crippen LogP contribution in [0.1, 0.15) is 46.5 Å². The Morgan fingerprint density at radius 3 is 2.30 bits per heavy atom. The topological polar surface area (TPSA) is 20.2 Å². The van der Waals surface area contributed by atoms with Gasteiger partial charge in [-0.1, -0.05) is 40.0 Å². The second kappa shape index (κ2) is 5.72. The Kier molecular flexibility index (Phi) is 5.70. The first-order valence-corrected chi connectivity index (χ1v) is 4.40. The Bertz CT molecular complexity index is 71.1. The predicted octanol–water partition coefficient (Wildman–Crippen LogP) is 2.58. The molecular formula is C9H20O. The number of aliphatic hydroxyl groups is 1. The van der Waals surface area contributed by atoms with Gasteiger partial charge in [-0.15, -0.1) is 0 Å². The molecule has 0 rings (SSSR count). The van der Waals surface area contributed by atoms with Crippen molar-refractivity contribution in [1.29, 1.82) is 0 Å². The van der Waals surface area contributed by atoms with Gasteiger partial charge in [0, 0.05) is 0 Å². The summed E-state index contributed by atoms with van der Waals surface area (Å²) in [4.78, 5) is 0. The fourth-order valence-electron chi connectivity index (χ4n) is 0.970. The van der Waals surface area contributed by atoms with E-state index in [1.807, 2.05) is 0 Å². The van der Waals surface area contributed by atoms with Gasteiger partial charge in [-0.05, 0) is 12.3 Å². The molecule has 0 fully saturated rings. The second-order valence-electron chi connectivity index (χ2n) is 3.10. The van der Waals surface area contributed by atoms with E-state index in [2.05, 4.69) is 20.8 Å². The highest BCUT2D eigenvalue weighted by Gasteiger charge is 2.10. The first kappa shape index (κ1) is 9.96. The lowest BCUT2D eigenvalue weighted by atomic mass is 9.98. The molecule has 0 radical (unpaired) electrons. The Balaban J connectivity index is 3.31. The number of unbranched alkanes of at least 4 members (excludes halogenated alkanes) is 1. The van der Waals surface area contributed by atoms with Crippen molar-refractivity contribution in [2.75, 3.05) is 0 Å². The van der Waals surface area contributed by atoms with Gasteiger partial charge in [-0.2, -0.15) is 0 Å². The molecule has 1 N–H and O–H groups in total. The van der Waals surface area contributed by atoms with Crippen LogP contribution in [0.4, 0.5) is 0 Å². The third kappa shape index (κ3) is 3.89. The normalized spacial score (nSPS) is 16.8. The summed E-state index contributed by atoms with van der Waals surface area (Å²) in [6, 6.07) is 0. The maximum Gasteiger partial charge on any atom is 0.0565 e. The lowest BCUT2D eigenvalue weighted by molar-refractivity contribution is 0.103. The van der Waals surface area contributed by atoms with E-state index in [0.717, 1.165) is 19.3 Å². The zero-order valence-electron chi connectivity index (χ0n) is 7.43. The van der Waals surface area contributed by atoms with E-state index in [4.69, 9.17) is 0 Å². The average molecular weight is 144 g/mol. The summed E-state index contributed by atoms with van der Waals surface area (Å²) < 4.78 is 0. The highest BCUT2D eigenvalue weighted by atomic mass is 16.3. The van der Waals surface area contributed by atoms with Gasteiger partial charge in [0.1, 0.15) is 0 Å². The highest BCUT2D eigenvalue weighted by Crippen LogP contribution is 2.12. The van der Waals surface area contributed by atoms with Crippen molar-refractivity contribution in [3.8, 4) is 0 Å². The molecule has 0 aromatic carbocycles. The molecule has 0 aliphatic heterocycles. The molecule has 0 aromatic rings. The molecular weight excluding hydrogens is 124 g/mol. The molecule has 1 nitrogen and oxygen atoms in total. The summed E-state index contributed by atoms with van der Waals surface area (Å²) in [5, 5.41) is 9.45. The summed E-state index contributed by atoms with van der Waals surface area (Å²) in [5.74, 6) is 0.478. The minimum atomic E-state index is -0.0649. The Morgan fingerprint density at radius 1 is 1.30 bits per heavy atom. The Morgan fingerprint density at radius 2 is 1.90 bits per heavy atom. The van der Waals surface area contributed by atoms with Gasteiger partial charge in [0.05, 0.1) is 6.10 Å². The van der Waals surface area contributed by atoms with Gasteiger partial charge in [-0.3, -0.25) is 0 Å². The zero-order valence-corrected chi connectivity index (χ0v) is 7.43. The molecule has 62 valence electrons. The second-order valence-corrected chi connectivity index (χ2v) is 3.10. The van der Waals surface area contributed by atoms with E-state index in [1.165, 1.54) is 6.42 Å². The van der Waals surface area contributed by atoms with Crippen LogP contribution in [0.25, 0.3) is 0 Å². The van der Waals surface area contributed by atoms with E-state index in [-0.39, 0.29) is 6.10 Å². The molecule has 0 aliphatic rings. The van der Waals surface area contributed by atoms with Crippen molar-refractivity contribution >= 4 is 0 Å². The van der Waals surface area contributed by atoms with Gasteiger partial charge in [0.25, 0.3) is 0 Å². The molecule has 0 unspecified atom stereocenters. The maximum atomic E-state index is 9.45. The van der Waals surface area contributed by atoms with Gasteiger partial charge >= 0.3 is 0 Å². The van der Waals surface area contributed by atoms with Crippen LogP contribution in [0, 0.1) is 5.92 Å². The number of aliphatic hydroxyl groups excluding tert-OH is 1. The minimum Gasteiger partial charge on any atom is -0.393 e. The monoisotopic (exact) mass is 144 g/mol. The molecule has 1 heteroatoms. The summed E-state index contributed by atoms with van der Waals surface area (Å²) in [7, 11) is 0. The molecule has 0 aromatic heterocycles. The Labute approximate surface area is 64.5 Å². The molecule has 0 heterocycles. The van der Waals surface area contributed by atoms with E-state index < -0.39 is 0 Å². The number of hydrogen-bond donors (Lipinski definition) is 1. The SMILES string of the molecule is CCCC[C@H](O)[C@@H](C)CC. The quantitative estimate of drug-likeness (QED) is 0.628. The summed E-state index contributed by atoms with van der Waals surface area (Å²) in [6.07, 6.45) is 4.35. The summed E-state index contributed by atoms with van der Waals surface area (Å²) in [6.45, 7) is 6.39. The lowest BCUT2D eigenvalue weighted by Crippen LogP contribution is -2.16. The van der Waals surface area contributed by atoms with Crippen molar-refractivity contribution in [3.05, 3.63) is 0 Å². The van der Waals surface area contributed by atoms with E-state index in [9.17, 15) is 5.11 Å². The van der Waals surface area contributed by atoms with E-state index >= 15 is 0 Å². The van der Waals surface area contributed by atoms with Crippen LogP contribution in [-0.4, -0.2) is 11.2 Å². The first-order chi connectivity index (χ1) is 4.72. The molecule has 0 saturated carbocycles. The van der Waals surface area contributed by atoms with Crippen LogP contribution in [0.2, 0.25) is 0 Å². The fraction of sp³-hybridized carbons (Fsp3) is 1.00. The number of hydrogen-bond acceptors (Lipinski definition) is 1. The molecule has 0 bridgehead atoms. The van der Waals surface area contributed by atoms with E-state index in [0.29, 0.717) is 5.92 Å². The van der Waals surface area contributed by atoms with Gasteiger partial charge in [0.15, 0.2) is 0 Å². The molecule has 0 saturated heterocycles. The zero-order chi connectivity index (χ0) is 7.98. The van der Waals surface area contributed by atoms with Gasteiger partial charge in [0.2, 0.25) is 0 Å². The highest BCUT2D eigenvalue weighted by molar-refractivity contribution is 4.61. The number of rotatable bonds is 5. The third-order valence-corrected chi connectivity index (χ3v) is 2.15. The lowest BCUT2D eigenvalue weighted by Gasteiger charge is -2.15. The molecule has 0 amide bonds. The van der Waals surface area contributed by atoms with Crippen molar-refractivity contribution < 1.29 is 5.11 Å². The molecule has 0 aliphatic carbocycles.